The van der Waals surface area contributed by atoms with E-state index in [1.807, 2.05) is 30.3 Å². The molecule has 0 aliphatic carbocycles. The van der Waals surface area contributed by atoms with Crippen molar-refractivity contribution in [2.75, 3.05) is 47.1 Å². The van der Waals surface area contributed by atoms with E-state index >= 15 is 0 Å². The first-order chi connectivity index (χ1) is 16.0. The van der Waals surface area contributed by atoms with Crippen molar-refractivity contribution in [3.05, 3.63) is 81.5 Å². The van der Waals surface area contributed by atoms with Gasteiger partial charge in [0, 0.05) is 46.0 Å². The number of carbonyl (C=O) groups is 2. The monoisotopic (exact) mass is 453 g/mol. The van der Waals surface area contributed by atoms with Gasteiger partial charge in [0.2, 0.25) is 0 Å². The number of carbonyl (C=O) groups excluding carboxylic acids is 2. The first-order valence-electron chi connectivity index (χ1n) is 10.6. The summed E-state index contributed by atoms with van der Waals surface area (Å²) in [7, 11) is 3.13. The van der Waals surface area contributed by atoms with Gasteiger partial charge >= 0.3 is 0 Å². The fourth-order valence-corrected chi connectivity index (χ4v) is 3.69. The number of rotatable bonds is 12. The first-order valence-corrected chi connectivity index (χ1v) is 10.6. The summed E-state index contributed by atoms with van der Waals surface area (Å²) in [4.78, 5) is 40.5. The highest BCUT2D eigenvalue weighted by molar-refractivity contribution is 6.35. The van der Waals surface area contributed by atoms with Gasteiger partial charge in [-0.2, -0.15) is 0 Å². The van der Waals surface area contributed by atoms with Crippen molar-refractivity contribution in [3.8, 4) is 0 Å². The third-order valence-corrected chi connectivity index (χ3v) is 5.42. The van der Waals surface area contributed by atoms with Crippen molar-refractivity contribution in [1.82, 2.24) is 9.80 Å². The molecule has 33 heavy (non-hydrogen) atoms. The molecule has 2 amide bonds. The minimum absolute atomic E-state index is 0.0887. The fraction of sp³-hybridized carbons (Fsp3) is 0.333. The van der Waals surface area contributed by atoms with Crippen LogP contribution >= 0.6 is 0 Å². The summed E-state index contributed by atoms with van der Waals surface area (Å²) >= 11 is 0. The molecule has 1 aliphatic rings. The van der Waals surface area contributed by atoms with E-state index in [-0.39, 0.29) is 23.5 Å². The van der Waals surface area contributed by atoms with Gasteiger partial charge in [0.1, 0.15) is 5.70 Å². The number of nitro benzene ring substituents is 1. The molecule has 0 fully saturated rings. The van der Waals surface area contributed by atoms with Gasteiger partial charge in [-0.15, -0.1) is 0 Å². The summed E-state index contributed by atoms with van der Waals surface area (Å²) in [5.41, 5.74) is 1.87. The van der Waals surface area contributed by atoms with Crippen LogP contribution in [0, 0.1) is 10.1 Å². The molecule has 0 atom stereocenters. The van der Waals surface area contributed by atoms with Crippen LogP contribution in [0.3, 0.4) is 0 Å². The highest BCUT2D eigenvalue weighted by atomic mass is 16.6. The Morgan fingerprint density at radius 2 is 1.52 bits per heavy atom. The maximum atomic E-state index is 13.5. The third kappa shape index (κ3) is 5.63. The molecule has 0 aromatic heterocycles. The van der Waals surface area contributed by atoms with E-state index in [2.05, 4.69) is 0 Å². The Hall–Kier alpha value is -3.56. The largest absolute Gasteiger partial charge is 0.383 e. The molecule has 0 bridgehead atoms. The van der Waals surface area contributed by atoms with Gasteiger partial charge in [-0.25, -0.2) is 0 Å². The summed E-state index contributed by atoms with van der Waals surface area (Å²) in [6.07, 6.45) is 0.523. The zero-order chi connectivity index (χ0) is 23.8. The van der Waals surface area contributed by atoms with Crippen LogP contribution in [0.4, 0.5) is 5.69 Å². The Morgan fingerprint density at radius 1 is 0.909 bits per heavy atom. The minimum Gasteiger partial charge on any atom is -0.383 e. The van der Waals surface area contributed by atoms with Gasteiger partial charge in [-0.05, 0) is 29.7 Å². The van der Waals surface area contributed by atoms with Gasteiger partial charge in [0.05, 0.1) is 23.7 Å². The van der Waals surface area contributed by atoms with Crippen LogP contribution < -0.4 is 0 Å². The number of hydrogen-bond donors (Lipinski definition) is 0. The van der Waals surface area contributed by atoms with Crippen molar-refractivity contribution in [3.63, 3.8) is 0 Å². The summed E-state index contributed by atoms with van der Waals surface area (Å²) in [6, 6.07) is 15.3. The topological polar surface area (TPSA) is 102 Å². The molecule has 0 N–H and O–H groups in total. The second-order valence-electron chi connectivity index (χ2n) is 7.50. The number of amides is 2. The Kier molecular flexibility index (Phi) is 8.28. The molecule has 0 saturated heterocycles. The van der Waals surface area contributed by atoms with Gasteiger partial charge < -0.3 is 14.4 Å². The number of nitrogens with zero attached hydrogens (tertiary/aromatic N) is 3. The number of nitro groups is 1. The molecule has 0 saturated carbocycles. The number of ether oxygens (including phenoxy) is 2. The van der Waals surface area contributed by atoms with E-state index < -0.39 is 16.7 Å². The molecule has 0 unspecified atom stereocenters. The molecule has 9 nitrogen and oxygen atoms in total. The maximum absolute atomic E-state index is 13.5. The van der Waals surface area contributed by atoms with E-state index in [4.69, 9.17) is 9.47 Å². The van der Waals surface area contributed by atoms with Crippen LogP contribution in [0.1, 0.15) is 11.1 Å². The van der Waals surface area contributed by atoms with E-state index in [0.29, 0.717) is 38.3 Å². The predicted octanol–water partition coefficient (Wildman–Crippen LogP) is 2.51. The smallest absolute Gasteiger partial charge is 0.277 e. The minimum atomic E-state index is -0.504. The van der Waals surface area contributed by atoms with E-state index in [9.17, 15) is 19.7 Å². The lowest BCUT2D eigenvalue weighted by atomic mass is 10.0. The molecule has 2 aromatic rings. The van der Waals surface area contributed by atoms with Crippen molar-refractivity contribution in [2.24, 2.45) is 0 Å². The number of hydrogen-bond acceptors (Lipinski definition) is 7. The van der Waals surface area contributed by atoms with Gasteiger partial charge in [-0.3, -0.25) is 24.6 Å². The highest BCUT2D eigenvalue weighted by Crippen LogP contribution is 2.32. The molecule has 0 spiro atoms. The van der Waals surface area contributed by atoms with Crippen LogP contribution in [-0.2, 0) is 25.5 Å². The number of methoxy groups -OCH3 is 2. The second-order valence-corrected chi connectivity index (χ2v) is 7.50. The predicted molar refractivity (Wildman–Crippen MR) is 122 cm³/mol. The summed E-state index contributed by atoms with van der Waals surface area (Å²) in [5, 5.41) is 11.1. The van der Waals surface area contributed by atoms with Crippen molar-refractivity contribution in [2.45, 2.75) is 6.42 Å². The van der Waals surface area contributed by atoms with E-state index in [1.54, 1.807) is 19.1 Å². The highest BCUT2D eigenvalue weighted by Gasteiger charge is 2.41. The summed E-state index contributed by atoms with van der Waals surface area (Å²) in [6.45, 7) is 1.71. The van der Waals surface area contributed by atoms with Crippen molar-refractivity contribution in [1.29, 1.82) is 0 Å². The fourth-order valence-electron chi connectivity index (χ4n) is 3.69. The van der Waals surface area contributed by atoms with Crippen LogP contribution in [0.15, 0.2) is 60.3 Å². The molecule has 1 aliphatic heterocycles. The SMILES string of the molecule is COCCN(CCOC)C1=C(c2ccc([N+](=O)[O-])cc2)C(=O)N(CCc2ccccc2)C1=O. The average Bonchev–Trinajstić information content (AvgIpc) is 3.08. The van der Waals surface area contributed by atoms with Crippen LogP contribution in [0.5, 0.6) is 0 Å². The van der Waals surface area contributed by atoms with Crippen LogP contribution in [-0.4, -0.2) is 73.6 Å². The zero-order valence-corrected chi connectivity index (χ0v) is 18.7. The summed E-state index contributed by atoms with van der Waals surface area (Å²) < 4.78 is 10.4. The molecule has 3 rings (SSSR count). The van der Waals surface area contributed by atoms with Gasteiger partial charge in [0.25, 0.3) is 17.5 Å². The Bertz CT molecular complexity index is 1010. The molecule has 2 aromatic carbocycles. The lowest BCUT2D eigenvalue weighted by Gasteiger charge is -2.25. The normalized spacial score (nSPS) is 13.7. The quantitative estimate of drug-likeness (QED) is 0.276. The van der Waals surface area contributed by atoms with Gasteiger partial charge in [-0.1, -0.05) is 30.3 Å². The lowest BCUT2D eigenvalue weighted by Crippen LogP contribution is -2.38. The Balaban J connectivity index is 1.98. The van der Waals surface area contributed by atoms with Crippen molar-refractivity contribution >= 4 is 23.1 Å². The Labute approximate surface area is 192 Å². The first kappa shape index (κ1) is 24.1. The average molecular weight is 453 g/mol. The lowest BCUT2D eigenvalue weighted by molar-refractivity contribution is -0.384. The third-order valence-electron chi connectivity index (χ3n) is 5.42. The molecule has 0 radical (unpaired) electrons. The summed E-state index contributed by atoms with van der Waals surface area (Å²) in [5.74, 6) is -0.809. The molecule has 1 heterocycles. The number of non-ortho nitro benzene ring substituents is 1. The van der Waals surface area contributed by atoms with E-state index in [0.717, 1.165) is 5.56 Å². The molecule has 174 valence electrons. The maximum Gasteiger partial charge on any atom is 0.277 e. The van der Waals surface area contributed by atoms with Crippen LogP contribution in [0.25, 0.3) is 5.57 Å². The van der Waals surface area contributed by atoms with Gasteiger partial charge in [0.15, 0.2) is 0 Å². The number of imide groups is 1. The number of benzene rings is 2. The molecular weight excluding hydrogens is 426 g/mol. The second kappa shape index (κ2) is 11.3. The zero-order valence-electron chi connectivity index (χ0n) is 18.7. The molecule has 9 heteroatoms. The van der Waals surface area contributed by atoms with Crippen molar-refractivity contribution < 1.29 is 24.0 Å². The Morgan fingerprint density at radius 3 is 2.06 bits per heavy atom. The standard InChI is InChI=1S/C24H27N3O6/c1-32-16-14-25(15-17-33-2)22-21(19-8-10-20(11-9-19)27(30)31)23(28)26(24(22)29)13-12-18-6-4-3-5-7-18/h3-11H,12-17H2,1-2H3. The molecular formula is C24H27N3O6. The van der Waals surface area contributed by atoms with Crippen LogP contribution in [0.2, 0.25) is 0 Å². The van der Waals surface area contributed by atoms with E-state index in [1.165, 1.54) is 29.2 Å².